The van der Waals surface area contributed by atoms with E-state index in [4.69, 9.17) is 4.74 Å². The molecule has 0 aromatic carbocycles. The Kier molecular flexibility index (Phi) is 4.48. The molecule has 0 aromatic heterocycles. The van der Waals surface area contributed by atoms with Crippen LogP contribution in [0.15, 0.2) is 0 Å². The van der Waals surface area contributed by atoms with Crippen LogP contribution in [0.5, 0.6) is 0 Å². The van der Waals surface area contributed by atoms with Crippen molar-refractivity contribution in [2.45, 2.75) is 83.0 Å². The lowest BCUT2D eigenvalue weighted by Gasteiger charge is -2.28. The monoisotopic (exact) mass is 239 g/mol. The van der Waals surface area contributed by atoms with Gasteiger partial charge in [0.1, 0.15) is 0 Å². The van der Waals surface area contributed by atoms with Gasteiger partial charge in [-0.25, -0.2) is 0 Å². The van der Waals surface area contributed by atoms with Crippen molar-refractivity contribution >= 4 is 0 Å². The maximum atomic E-state index is 6.41. The summed E-state index contributed by atoms with van der Waals surface area (Å²) in [6, 6.07) is 0.615. The number of rotatable bonds is 5. The van der Waals surface area contributed by atoms with Gasteiger partial charge in [0, 0.05) is 6.04 Å². The first-order chi connectivity index (χ1) is 8.19. The lowest BCUT2D eigenvalue weighted by atomic mass is 9.90. The van der Waals surface area contributed by atoms with Crippen molar-refractivity contribution in [2.24, 2.45) is 5.92 Å². The van der Waals surface area contributed by atoms with Crippen molar-refractivity contribution in [1.29, 1.82) is 0 Å². The minimum atomic E-state index is 0.311. The van der Waals surface area contributed by atoms with E-state index in [9.17, 15) is 0 Å². The summed E-state index contributed by atoms with van der Waals surface area (Å²) in [6.07, 6.45) is 11.1. The van der Waals surface area contributed by atoms with Crippen LogP contribution in [-0.2, 0) is 4.74 Å². The Balaban J connectivity index is 1.84. The summed E-state index contributed by atoms with van der Waals surface area (Å²) >= 11 is 0. The lowest BCUT2D eigenvalue weighted by molar-refractivity contribution is -0.0457. The molecule has 1 saturated heterocycles. The summed E-state index contributed by atoms with van der Waals surface area (Å²) in [5.41, 5.74) is 0.311. The van der Waals surface area contributed by atoms with Crippen molar-refractivity contribution < 1.29 is 4.74 Å². The Morgan fingerprint density at radius 3 is 2.59 bits per heavy atom. The van der Waals surface area contributed by atoms with Gasteiger partial charge >= 0.3 is 0 Å². The molecule has 2 rings (SSSR count). The predicted molar refractivity (Wildman–Crippen MR) is 72.2 cm³/mol. The second kappa shape index (κ2) is 5.71. The molecule has 1 saturated carbocycles. The summed E-state index contributed by atoms with van der Waals surface area (Å²) in [4.78, 5) is 0. The topological polar surface area (TPSA) is 21.3 Å². The number of hydrogen-bond donors (Lipinski definition) is 1. The molecule has 2 nitrogen and oxygen atoms in total. The molecule has 1 spiro atoms. The third kappa shape index (κ3) is 3.03. The number of hydrogen-bond acceptors (Lipinski definition) is 2. The molecule has 2 heteroatoms. The Morgan fingerprint density at radius 2 is 2.00 bits per heavy atom. The van der Waals surface area contributed by atoms with Crippen LogP contribution in [0.1, 0.15) is 65.2 Å². The van der Waals surface area contributed by atoms with Gasteiger partial charge in [-0.15, -0.1) is 0 Å². The van der Waals surface area contributed by atoms with Gasteiger partial charge in [-0.05, 0) is 52.0 Å². The molecule has 0 aromatic rings. The highest BCUT2D eigenvalue weighted by molar-refractivity contribution is 4.93. The Morgan fingerprint density at radius 1 is 1.29 bits per heavy atom. The summed E-state index contributed by atoms with van der Waals surface area (Å²) in [5.74, 6) is 0.765. The van der Waals surface area contributed by atoms with Crippen LogP contribution in [0.4, 0.5) is 0 Å². The summed E-state index contributed by atoms with van der Waals surface area (Å²) in [6.45, 7) is 4.60. The van der Waals surface area contributed by atoms with E-state index >= 15 is 0 Å². The van der Waals surface area contributed by atoms with Crippen LogP contribution in [0.2, 0.25) is 0 Å². The van der Waals surface area contributed by atoms with Crippen molar-refractivity contribution in [1.82, 2.24) is 5.32 Å². The summed E-state index contributed by atoms with van der Waals surface area (Å²) in [5, 5.41) is 3.40. The van der Waals surface area contributed by atoms with Crippen LogP contribution in [0, 0.1) is 5.92 Å². The SMILES string of the molecule is CCC(CC1CCC2(CCCC2)O1)C(C)NC. The van der Waals surface area contributed by atoms with Gasteiger partial charge in [-0.1, -0.05) is 26.2 Å². The zero-order valence-corrected chi connectivity index (χ0v) is 11.8. The first-order valence-corrected chi connectivity index (χ1v) is 7.54. The standard InChI is InChI=1S/C15H29NO/c1-4-13(12(2)16-3)11-14-7-10-15(17-14)8-5-6-9-15/h12-14,16H,4-11H2,1-3H3. The molecule has 1 aliphatic carbocycles. The summed E-state index contributed by atoms with van der Waals surface area (Å²) < 4.78 is 6.41. The quantitative estimate of drug-likeness (QED) is 0.793. The van der Waals surface area contributed by atoms with Crippen LogP contribution >= 0.6 is 0 Å². The molecule has 100 valence electrons. The van der Waals surface area contributed by atoms with Gasteiger partial charge in [-0.3, -0.25) is 0 Å². The molecule has 0 bridgehead atoms. The average molecular weight is 239 g/mol. The van der Waals surface area contributed by atoms with E-state index in [1.807, 2.05) is 0 Å². The van der Waals surface area contributed by atoms with Gasteiger partial charge in [0.15, 0.2) is 0 Å². The van der Waals surface area contributed by atoms with Crippen molar-refractivity contribution in [3.05, 3.63) is 0 Å². The van der Waals surface area contributed by atoms with Gasteiger partial charge < -0.3 is 10.1 Å². The number of nitrogens with one attached hydrogen (secondary N) is 1. The Hall–Kier alpha value is -0.0800. The van der Waals surface area contributed by atoms with Crippen LogP contribution in [0.3, 0.4) is 0 Å². The highest BCUT2D eigenvalue weighted by Crippen LogP contribution is 2.44. The zero-order chi connectivity index (χ0) is 12.3. The molecule has 1 N–H and O–H groups in total. The molecule has 2 fully saturated rings. The van der Waals surface area contributed by atoms with Crippen molar-refractivity contribution in [3.8, 4) is 0 Å². The van der Waals surface area contributed by atoms with E-state index < -0.39 is 0 Å². The van der Waals surface area contributed by atoms with Crippen LogP contribution < -0.4 is 5.32 Å². The smallest absolute Gasteiger partial charge is 0.0687 e. The highest BCUT2D eigenvalue weighted by atomic mass is 16.5. The first-order valence-electron chi connectivity index (χ1n) is 7.54. The molecule has 3 atom stereocenters. The van der Waals surface area contributed by atoms with E-state index in [0.717, 1.165) is 5.92 Å². The van der Waals surface area contributed by atoms with Gasteiger partial charge in [0.2, 0.25) is 0 Å². The van der Waals surface area contributed by atoms with Gasteiger partial charge in [0.05, 0.1) is 11.7 Å². The lowest BCUT2D eigenvalue weighted by Crippen LogP contribution is -2.33. The second-order valence-corrected chi connectivity index (χ2v) is 6.15. The molecule has 17 heavy (non-hydrogen) atoms. The third-order valence-electron chi connectivity index (χ3n) is 5.11. The van der Waals surface area contributed by atoms with E-state index in [1.54, 1.807) is 0 Å². The minimum Gasteiger partial charge on any atom is -0.372 e. The molecular formula is C15H29NO. The van der Waals surface area contributed by atoms with E-state index in [-0.39, 0.29) is 0 Å². The maximum absolute atomic E-state index is 6.41. The molecule has 3 unspecified atom stereocenters. The average Bonchev–Trinajstić information content (AvgIpc) is 2.96. The molecule has 1 aliphatic heterocycles. The van der Waals surface area contributed by atoms with E-state index in [2.05, 4.69) is 26.2 Å². The van der Waals surface area contributed by atoms with Gasteiger partial charge in [0.25, 0.3) is 0 Å². The minimum absolute atomic E-state index is 0.311. The zero-order valence-electron chi connectivity index (χ0n) is 11.8. The third-order valence-corrected chi connectivity index (χ3v) is 5.11. The molecule has 1 heterocycles. The Labute approximate surface area is 107 Å². The second-order valence-electron chi connectivity index (χ2n) is 6.15. The highest BCUT2D eigenvalue weighted by Gasteiger charge is 2.42. The molecule has 0 amide bonds. The normalized spacial score (nSPS) is 30.9. The fourth-order valence-corrected chi connectivity index (χ4v) is 3.75. The van der Waals surface area contributed by atoms with E-state index in [1.165, 1.54) is 51.4 Å². The molecule has 0 radical (unpaired) electrons. The van der Waals surface area contributed by atoms with Gasteiger partial charge in [-0.2, -0.15) is 0 Å². The fourth-order valence-electron chi connectivity index (χ4n) is 3.75. The number of ether oxygens (including phenoxy) is 1. The largest absolute Gasteiger partial charge is 0.372 e. The van der Waals surface area contributed by atoms with Crippen LogP contribution in [-0.4, -0.2) is 24.8 Å². The summed E-state index contributed by atoms with van der Waals surface area (Å²) in [7, 11) is 2.07. The van der Waals surface area contributed by atoms with Crippen LogP contribution in [0.25, 0.3) is 0 Å². The first kappa shape index (κ1) is 13.4. The van der Waals surface area contributed by atoms with Crippen molar-refractivity contribution in [2.75, 3.05) is 7.05 Å². The fraction of sp³-hybridized carbons (Fsp3) is 1.00. The van der Waals surface area contributed by atoms with E-state index in [0.29, 0.717) is 17.7 Å². The van der Waals surface area contributed by atoms with Crippen molar-refractivity contribution in [3.63, 3.8) is 0 Å². The Bertz CT molecular complexity index is 235. The predicted octanol–water partition coefficient (Wildman–Crippen LogP) is 3.50. The molecular weight excluding hydrogens is 210 g/mol. The molecule has 2 aliphatic rings. The maximum Gasteiger partial charge on any atom is 0.0687 e.